The van der Waals surface area contributed by atoms with Crippen LogP contribution in [0.3, 0.4) is 0 Å². The Morgan fingerprint density at radius 2 is 1.89 bits per heavy atom. The second kappa shape index (κ2) is 9.94. The summed E-state index contributed by atoms with van der Waals surface area (Å²) in [4.78, 5) is 24.5. The van der Waals surface area contributed by atoms with E-state index in [9.17, 15) is 22.8 Å². The number of aliphatic carboxylic acids is 1. The van der Waals surface area contributed by atoms with E-state index in [1.807, 2.05) is 41.8 Å². The Bertz CT molecular complexity index is 1640. The monoisotopic (exact) mass is 511 g/mol. The molecule has 0 bridgehead atoms. The highest BCUT2D eigenvalue weighted by atomic mass is 19.4. The van der Waals surface area contributed by atoms with Crippen LogP contribution in [0, 0.1) is 17.1 Å². The lowest BCUT2D eigenvalue weighted by molar-refractivity contribution is -0.192. The Labute approximate surface area is 206 Å². The Kier molecular flexibility index (Phi) is 6.75. The molecule has 188 valence electrons. The fourth-order valence-electron chi connectivity index (χ4n) is 3.83. The van der Waals surface area contributed by atoms with Gasteiger partial charge >= 0.3 is 12.1 Å². The van der Waals surface area contributed by atoms with E-state index in [-0.39, 0.29) is 11.9 Å². The van der Waals surface area contributed by atoms with Crippen LogP contribution in [-0.2, 0) is 4.79 Å². The number of fused-ring (bicyclic) bond motifs is 2. The molecule has 0 fully saturated rings. The molecule has 0 aliphatic carbocycles. The van der Waals surface area contributed by atoms with Gasteiger partial charge in [-0.15, -0.1) is 0 Å². The van der Waals surface area contributed by atoms with Crippen molar-refractivity contribution in [2.45, 2.75) is 19.1 Å². The summed E-state index contributed by atoms with van der Waals surface area (Å²) in [6.07, 6.45) is -2.09. The summed E-state index contributed by atoms with van der Waals surface area (Å²) in [5.74, 6) is -2.53. The summed E-state index contributed by atoms with van der Waals surface area (Å²) < 4.78 is 47.7. The Morgan fingerprint density at radius 1 is 1.16 bits per heavy atom. The molecule has 9 nitrogen and oxygen atoms in total. The third kappa shape index (κ3) is 5.03. The van der Waals surface area contributed by atoms with Gasteiger partial charge in [-0.2, -0.15) is 18.4 Å². The Hall–Kier alpha value is -4.99. The highest BCUT2D eigenvalue weighted by molar-refractivity contribution is 5.90. The number of aromatic nitrogens is 5. The number of carbonyl (C=O) groups is 1. The van der Waals surface area contributed by atoms with Crippen molar-refractivity contribution >= 4 is 33.9 Å². The number of para-hydroxylation sites is 1. The fraction of sp³-hybridized carbons (Fsp3) is 0.125. The number of hydrogen-bond acceptors (Lipinski definition) is 6. The van der Waals surface area contributed by atoms with E-state index in [2.05, 4.69) is 31.3 Å². The van der Waals surface area contributed by atoms with Crippen molar-refractivity contribution in [2.75, 3.05) is 5.32 Å². The van der Waals surface area contributed by atoms with E-state index in [1.165, 1.54) is 18.5 Å². The van der Waals surface area contributed by atoms with Crippen LogP contribution in [0.5, 0.6) is 0 Å². The molecule has 0 saturated carbocycles. The summed E-state index contributed by atoms with van der Waals surface area (Å²) in [6, 6.07) is 16.0. The molecular formula is C24H17F4N7O2. The third-order valence-corrected chi connectivity index (χ3v) is 5.32. The quantitative estimate of drug-likeness (QED) is 0.286. The van der Waals surface area contributed by atoms with Gasteiger partial charge in [0.05, 0.1) is 29.1 Å². The zero-order valence-electron chi connectivity index (χ0n) is 19.0. The second-order valence-corrected chi connectivity index (χ2v) is 7.70. The summed E-state index contributed by atoms with van der Waals surface area (Å²) in [6.45, 7) is 1.94. The van der Waals surface area contributed by atoms with E-state index < -0.39 is 12.1 Å². The molecule has 5 rings (SSSR count). The van der Waals surface area contributed by atoms with Crippen LogP contribution in [0.4, 0.5) is 23.4 Å². The summed E-state index contributed by atoms with van der Waals surface area (Å²) >= 11 is 0. The highest BCUT2D eigenvalue weighted by Gasteiger charge is 2.38. The molecule has 0 amide bonds. The van der Waals surface area contributed by atoms with Crippen molar-refractivity contribution in [3.05, 3.63) is 78.3 Å². The number of carboxylic acids is 1. The summed E-state index contributed by atoms with van der Waals surface area (Å²) in [5.41, 5.74) is 3.95. The fourth-order valence-corrected chi connectivity index (χ4v) is 3.83. The maximum atomic E-state index is 14.0. The van der Waals surface area contributed by atoms with Gasteiger partial charge < -0.3 is 20.0 Å². The van der Waals surface area contributed by atoms with Crippen molar-refractivity contribution in [2.24, 2.45) is 0 Å². The molecule has 3 aromatic heterocycles. The standard InChI is InChI=1S/C22H16FN7.C2HF3O2/c1-13(29-22-19-21(26-11-25-19)27-12-28-22)20-17(10-24)16-7-2-3-8-18(16)30(20)15-6-4-5-14(23)9-15;3-2(4,5)1(6)7/h2-9,11-13H,1H3,(H2,25,26,27,28,29);(H,6,7). The van der Waals surface area contributed by atoms with Crippen molar-refractivity contribution in [1.29, 1.82) is 5.26 Å². The number of anilines is 1. The maximum Gasteiger partial charge on any atom is 0.490 e. The molecule has 5 aromatic rings. The van der Waals surface area contributed by atoms with E-state index in [0.717, 1.165) is 16.6 Å². The molecule has 13 heteroatoms. The van der Waals surface area contributed by atoms with E-state index in [4.69, 9.17) is 9.90 Å². The topological polar surface area (TPSA) is 133 Å². The number of benzene rings is 2. The Balaban J connectivity index is 0.000000405. The van der Waals surface area contributed by atoms with E-state index in [1.54, 1.807) is 12.4 Å². The van der Waals surface area contributed by atoms with Crippen molar-refractivity contribution in [1.82, 2.24) is 24.5 Å². The maximum absolute atomic E-state index is 14.0. The predicted octanol–water partition coefficient (Wildman–Crippen LogP) is 5.11. The molecule has 37 heavy (non-hydrogen) atoms. The third-order valence-electron chi connectivity index (χ3n) is 5.32. The van der Waals surface area contributed by atoms with Gasteiger partial charge in [0.25, 0.3) is 0 Å². The van der Waals surface area contributed by atoms with Crippen LogP contribution < -0.4 is 5.32 Å². The molecule has 1 unspecified atom stereocenters. The highest BCUT2D eigenvalue weighted by Crippen LogP contribution is 2.34. The first kappa shape index (κ1) is 25.1. The average molecular weight is 511 g/mol. The Morgan fingerprint density at radius 3 is 2.57 bits per heavy atom. The van der Waals surface area contributed by atoms with Gasteiger partial charge in [-0.3, -0.25) is 0 Å². The van der Waals surface area contributed by atoms with E-state index in [0.29, 0.717) is 28.2 Å². The zero-order valence-corrected chi connectivity index (χ0v) is 19.0. The minimum Gasteiger partial charge on any atom is -0.475 e. The first-order chi connectivity index (χ1) is 17.6. The van der Waals surface area contributed by atoms with Crippen molar-refractivity contribution < 1.29 is 27.5 Å². The first-order valence-electron chi connectivity index (χ1n) is 10.6. The number of aromatic amines is 1. The number of nitrogens with zero attached hydrogens (tertiary/aromatic N) is 5. The van der Waals surface area contributed by atoms with Gasteiger partial charge in [-0.05, 0) is 31.2 Å². The lowest BCUT2D eigenvalue weighted by Gasteiger charge is -2.19. The van der Waals surface area contributed by atoms with Crippen LogP contribution >= 0.6 is 0 Å². The van der Waals surface area contributed by atoms with Gasteiger partial charge in [-0.25, -0.2) is 24.1 Å². The molecule has 0 aliphatic rings. The number of H-pyrrole nitrogens is 1. The minimum absolute atomic E-state index is 0.322. The molecule has 0 aliphatic heterocycles. The SMILES string of the molecule is CC(Nc1ncnc2nc[nH]c12)c1c(C#N)c2ccccc2n1-c1cccc(F)c1.O=C(O)C(F)(F)F. The normalized spacial score (nSPS) is 12.0. The molecule has 0 spiro atoms. The zero-order chi connectivity index (χ0) is 26.7. The summed E-state index contributed by atoms with van der Waals surface area (Å²) in [7, 11) is 0. The number of rotatable bonds is 4. The van der Waals surface area contributed by atoms with Crippen LogP contribution in [0.15, 0.2) is 61.2 Å². The average Bonchev–Trinajstić information content (AvgIpc) is 3.47. The lowest BCUT2D eigenvalue weighted by atomic mass is 10.1. The number of carboxylic acid groups (broad SMARTS) is 1. The summed E-state index contributed by atoms with van der Waals surface area (Å²) in [5, 5.41) is 21.3. The van der Waals surface area contributed by atoms with Gasteiger partial charge in [0, 0.05) is 11.1 Å². The smallest absolute Gasteiger partial charge is 0.475 e. The molecule has 0 saturated heterocycles. The second-order valence-electron chi connectivity index (χ2n) is 7.70. The lowest BCUT2D eigenvalue weighted by Crippen LogP contribution is -2.21. The number of nitrogens with one attached hydrogen (secondary N) is 2. The molecular weight excluding hydrogens is 494 g/mol. The van der Waals surface area contributed by atoms with Crippen LogP contribution in [0.1, 0.15) is 24.2 Å². The minimum atomic E-state index is -5.08. The van der Waals surface area contributed by atoms with Gasteiger partial charge in [0.1, 0.15) is 23.7 Å². The van der Waals surface area contributed by atoms with E-state index >= 15 is 0 Å². The van der Waals surface area contributed by atoms with Crippen LogP contribution in [-0.4, -0.2) is 41.8 Å². The molecule has 0 radical (unpaired) electrons. The molecule has 3 heterocycles. The molecule has 3 N–H and O–H groups in total. The largest absolute Gasteiger partial charge is 0.490 e. The van der Waals surface area contributed by atoms with Gasteiger partial charge in [-0.1, -0.05) is 24.3 Å². The van der Waals surface area contributed by atoms with Crippen LogP contribution in [0.25, 0.3) is 27.8 Å². The number of nitriles is 1. The van der Waals surface area contributed by atoms with Gasteiger partial charge in [0.15, 0.2) is 11.5 Å². The number of halogens is 4. The van der Waals surface area contributed by atoms with Crippen molar-refractivity contribution in [3.8, 4) is 11.8 Å². The number of imidazole rings is 1. The van der Waals surface area contributed by atoms with Crippen LogP contribution in [0.2, 0.25) is 0 Å². The number of hydrogen-bond donors (Lipinski definition) is 3. The first-order valence-corrected chi connectivity index (χ1v) is 10.6. The number of alkyl halides is 3. The van der Waals surface area contributed by atoms with Gasteiger partial charge in [0.2, 0.25) is 0 Å². The molecule has 1 atom stereocenters. The van der Waals surface area contributed by atoms with Crippen molar-refractivity contribution in [3.63, 3.8) is 0 Å². The molecule has 2 aromatic carbocycles. The predicted molar refractivity (Wildman–Crippen MR) is 125 cm³/mol.